The lowest BCUT2D eigenvalue weighted by Gasteiger charge is -2.39. The first-order valence-corrected chi connectivity index (χ1v) is 7.10. The van der Waals surface area contributed by atoms with E-state index in [1.807, 2.05) is 24.3 Å². The Hall–Kier alpha value is -1.07. The number of ether oxygens (including phenoxy) is 2. The van der Waals surface area contributed by atoms with Crippen LogP contribution in [0.1, 0.15) is 24.6 Å². The first-order valence-electron chi connectivity index (χ1n) is 6.73. The van der Waals surface area contributed by atoms with Crippen molar-refractivity contribution < 1.29 is 13.9 Å². The molecule has 5 heteroatoms. The van der Waals surface area contributed by atoms with Crippen molar-refractivity contribution in [3.8, 4) is 0 Å². The van der Waals surface area contributed by atoms with Crippen LogP contribution in [-0.2, 0) is 9.47 Å². The van der Waals surface area contributed by atoms with Crippen LogP contribution in [0.5, 0.6) is 0 Å². The molecule has 1 aliphatic rings. The number of rotatable bonds is 3. The average Bonchev–Trinajstić information content (AvgIpc) is 2.92. The molecule has 1 aromatic carbocycles. The molecule has 2 heterocycles. The number of benzene rings is 1. The SMILES string of the molecule is COC1(C(N)c2cc3cccc(Cl)c3o2)CCOCC1. The number of halogens is 1. The lowest BCUT2D eigenvalue weighted by atomic mass is 9.85. The monoisotopic (exact) mass is 295 g/mol. The zero-order chi connectivity index (χ0) is 14.2. The van der Waals surface area contributed by atoms with Crippen LogP contribution in [0.2, 0.25) is 5.02 Å². The lowest BCUT2D eigenvalue weighted by molar-refractivity contribution is -0.107. The molecule has 2 aromatic rings. The van der Waals surface area contributed by atoms with E-state index in [0.29, 0.717) is 29.6 Å². The molecule has 4 nitrogen and oxygen atoms in total. The minimum Gasteiger partial charge on any atom is -0.458 e. The third-order valence-corrected chi connectivity index (χ3v) is 4.43. The van der Waals surface area contributed by atoms with E-state index in [1.165, 1.54) is 0 Å². The van der Waals surface area contributed by atoms with Crippen LogP contribution >= 0.6 is 11.6 Å². The number of hydrogen-bond acceptors (Lipinski definition) is 4. The molecule has 0 spiro atoms. The fourth-order valence-electron chi connectivity index (χ4n) is 2.82. The minimum absolute atomic E-state index is 0.333. The van der Waals surface area contributed by atoms with Crippen LogP contribution in [0.4, 0.5) is 0 Å². The third kappa shape index (κ3) is 2.23. The second-order valence-electron chi connectivity index (χ2n) is 5.17. The molecule has 1 saturated heterocycles. The summed E-state index contributed by atoms with van der Waals surface area (Å²) < 4.78 is 17.0. The highest BCUT2D eigenvalue weighted by atomic mass is 35.5. The Morgan fingerprint density at radius 2 is 2.10 bits per heavy atom. The van der Waals surface area contributed by atoms with Gasteiger partial charge in [-0.1, -0.05) is 23.7 Å². The molecule has 108 valence electrons. The number of furan rings is 1. The molecule has 1 unspecified atom stereocenters. The van der Waals surface area contributed by atoms with Crippen LogP contribution < -0.4 is 5.73 Å². The fourth-order valence-corrected chi connectivity index (χ4v) is 3.04. The number of hydrogen-bond donors (Lipinski definition) is 1. The first kappa shape index (κ1) is 13.9. The quantitative estimate of drug-likeness (QED) is 0.944. The molecule has 3 rings (SSSR count). The summed E-state index contributed by atoms with van der Waals surface area (Å²) in [5.74, 6) is 0.705. The van der Waals surface area contributed by atoms with Gasteiger partial charge in [0, 0.05) is 38.6 Å². The summed E-state index contributed by atoms with van der Waals surface area (Å²) in [6.07, 6.45) is 1.52. The largest absolute Gasteiger partial charge is 0.458 e. The Morgan fingerprint density at radius 1 is 1.35 bits per heavy atom. The van der Waals surface area contributed by atoms with Gasteiger partial charge in [0.25, 0.3) is 0 Å². The zero-order valence-corrected chi connectivity index (χ0v) is 12.2. The Balaban J connectivity index is 1.98. The molecular formula is C15H18ClNO3. The van der Waals surface area contributed by atoms with E-state index >= 15 is 0 Å². The van der Waals surface area contributed by atoms with E-state index < -0.39 is 5.60 Å². The van der Waals surface area contributed by atoms with E-state index in [-0.39, 0.29) is 6.04 Å². The van der Waals surface area contributed by atoms with Crippen LogP contribution in [0, 0.1) is 0 Å². The predicted molar refractivity (Wildman–Crippen MR) is 77.9 cm³/mol. The molecule has 1 atom stereocenters. The fraction of sp³-hybridized carbons (Fsp3) is 0.467. The van der Waals surface area contributed by atoms with Gasteiger partial charge in [-0.2, -0.15) is 0 Å². The van der Waals surface area contributed by atoms with Gasteiger partial charge in [-0.3, -0.25) is 0 Å². The second kappa shape index (κ2) is 5.37. The highest BCUT2D eigenvalue weighted by Gasteiger charge is 2.41. The topological polar surface area (TPSA) is 57.6 Å². The molecule has 0 bridgehead atoms. The maximum Gasteiger partial charge on any atom is 0.152 e. The molecule has 0 radical (unpaired) electrons. The maximum absolute atomic E-state index is 6.41. The average molecular weight is 296 g/mol. The number of para-hydroxylation sites is 1. The van der Waals surface area contributed by atoms with Gasteiger partial charge in [-0.15, -0.1) is 0 Å². The predicted octanol–water partition coefficient (Wildman–Crippen LogP) is 3.28. The molecule has 20 heavy (non-hydrogen) atoms. The van der Waals surface area contributed by atoms with Gasteiger partial charge in [0.05, 0.1) is 16.7 Å². The van der Waals surface area contributed by atoms with Gasteiger partial charge < -0.3 is 19.6 Å². The summed E-state index contributed by atoms with van der Waals surface area (Å²) in [7, 11) is 1.70. The summed E-state index contributed by atoms with van der Waals surface area (Å²) in [6.45, 7) is 1.31. The van der Waals surface area contributed by atoms with Crippen molar-refractivity contribution >= 4 is 22.6 Å². The van der Waals surface area contributed by atoms with E-state index in [0.717, 1.165) is 18.2 Å². The number of nitrogens with two attached hydrogens (primary N) is 1. The summed E-state index contributed by atoms with van der Waals surface area (Å²) in [5, 5.41) is 1.56. The minimum atomic E-state index is -0.432. The molecule has 0 aliphatic carbocycles. The van der Waals surface area contributed by atoms with Crippen molar-refractivity contribution in [1.29, 1.82) is 0 Å². The Kier molecular flexibility index (Phi) is 3.73. The first-order chi connectivity index (χ1) is 9.66. The Morgan fingerprint density at radius 3 is 2.75 bits per heavy atom. The molecule has 0 saturated carbocycles. The summed E-state index contributed by atoms with van der Waals surface area (Å²) >= 11 is 6.14. The van der Waals surface area contributed by atoms with Crippen molar-refractivity contribution in [3.63, 3.8) is 0 Å². The Bertz CT molecular complexity index is 604. The second-order valence-corrected chi connectivity index (χ2v) is 5.57. The van der Waals surface area contributed by atoms with Crippen molar-refractivity contribution in [1.82, 2.24) is 0 Å². The van der Waals surface area contributed by atoms with E-state index in [1.54, 1.807) is 7.11 Å². The number of fused-ring (bicyclic) bond motifs is 1. The van der Waals surface area contributed by atoms with Gasteiger partial charge in [0.15, 0.2) is 5.58 Å². The van der Waals surface area contributed by atoms with Gasteiger partial charge in [-0.05, 0) is 12.1 Å². The van der Waals surface area contributed by atoms with Crippen LogP contribution in [0.15, 0.2) is 28.7 Å². The molecule has 1 aliphatic heterocycles. The smallest absolute Gasteiger partial charge is 0.152 e. The van der Waals surface area contributed by atoms with Crippen LogP contribution in [0.3, 0.4) is 0 Å². The molecule has 1 fully saturated rings. The van der Waals surface area contributed by atoms with Gasteiger partial charge >= 0.3 is 0 Å². The van der Waals surface area contributed by atoms with Crippen molar-refractivity contribution in [2.24, 2.45) is 5.73 Å². The molecule has 0 amide bonds. The van der Waals surface area contributed by atoms with E-state index in [9.17, 15) is 0 Å². The van der Waals surface area contributed by atoms with Crippen molar-refractivity contribution in [3.05, 3.63) is 35.0 Å². The van der Waals surface area contributed by atoms with Crippen molar-refractivity contribution in [2.75, 3.05) is 20.3 Å². The van der Waals surface area contributed by atoms with Gasteiger partial charge in [0.2, 0.25) is 0 Å². The molecular weight excluding hydrogens is 278 g/mol. The van der Waals surface area contributed by atoms with Gasteiger partial charge in [-0.25, -0.2) is 0 Å². The maximum atomic E-state index is 6.41. The van der Waals surface area contributed by atoms with Crippen LogP contribution in [0.25, 0.3) is 11.0 Å². The summed E-state index contributed by atoms with van der Waals surface area (Å²) in [4.78, 5) is 0. The number of methoxy groups -OCH3 is 1. The standard InChI is InChI=1S/C15H18ClNO3/c1-18-15(5-7-19-8-6-15)14(17)12-9-10-3-2-4-11(16)13(10)20-12/h2-4,9,14H,5-8,17H2,1H3. The van der Waals surface area contributed by atoms with Crippen LogP contribution in [-0.4, -0.2) is 25.9 Å². The highest BCUT2D eigenvalue weighted by molar-refractivity contribution is 6.34. The van der Waals surface area contributed by atoms with E-state index in [4.69, 9.17) is 31.2 Å². The Labute approximate surface area is 122 Å². The molecule has 2 N–H and O–H groups in total. The highest BCUT2D eigenvalue weighted by Crippen LogP contribution is 2.38. The van der Waals surface area contributed by atoms with Crippen molar-refractivity contribution in [2.45, 2.75) is 24.5 Å². The van der Waals surface area contributed by atoms with E-state index in [2.05, 4.69) is 0 Å². The normalized spacial score (nSPS) is 20.1. The molecule has 1 aromatic heterocycles. The van der Waals surface area contributed by atoms with Gasteiger partial charge in [0.1, 0.15) is 5.76 Å². The lowest BCUT2D eigenvalue weighted by Crippen LogP contribution is -2.47. The summed E-state index contributed by atoms with van der Waals surface area (Å²) in [6, 6.07) is 7.28. The summed E-state index contributed by atoms with van der Waals surface area (Å²) in [5.41, 5.74) is 6.66. The third-order valence-electron chi connectivity index (χ3n) is 4.13. The zero-order valence-electron chi connectivity index (χ0n) is 11.4.